The number of nitrogens with two attached hydrogens (primary N) is 1. The van der Waals surface area contributed by atoms with E-state index in [0.717, 1.165) is 37.7 Å². The third-order valence-electron chi connectivity index (χ3n) is 12.5. The third kappa shape index (κ3) is 10.6. The number of carbonyl (C=O) groups excluding carboxylic acids is 7. The topological polar surface area (TPSA) is 262 Å². The van der Waals surface area contributed by atoms with Crippen molar-refractivity contribution >= 4 is 58.5 Å². The molecule has 2 aromatic rings. The minimum atomic E-state index is -1.39. The molecule has 5 atom stereocenters. The first-order valence-corrected chi connectivity index (χ1v) is 21.2. The zero-order chi connectivity index (χ0) is 44.3. The van der Waals surface area contributed by atoms with Crippen LogP contribution in [0.4, 0.5) is 4.79 Å². The second kappa shape index (κ2) is 18.5. The molecule has 19 heteroatoms. The summed E-state index contributed by atoms with van der Waals surface area (Å²) in [6.07, 6.45) is 4.59. The highest BCUT2D eigenvalue weighted by Gasteiger charge is 2.46. The van der Waals surface area contributed by atoms with Crippen LogP contribution in [-0.4, -0.2) is 114 Å². The van der Waals surface area contributed by atoms with Crippen LogP contribution in [0.5, 0.6) is 0 Å². The largest absolute Gasteiger partial charge is 0.480 e. The van der Waals surface area contributed by atoms with E-state index in [1.807, 2.05) is 18.2 Å². The normalized spacial score (nSPS) is 25.2. The van der Waals surface area contributed by atoms with Crippen molar-refractivity contribution in [3.05, 3.63) is 34.2 Å². The van der Waals surface area contributed by atoms with Crippen molar-refractivity contribution in [2.75, 3.05) is 13.1 Å². The Labute approximate surface area is 353 Å². The van der Waals surface area contributed by atoms with Crippen LogP contribution in [0.15, 0.2) is 23.0 Å². The molecule has 3 saturated heterocycles. The van der Waals surface area contributed by atoms with E-state index in [9.17, 15) is 48.3 Å². The SMILES string of the molecule is Cn1c(=O)n(C2CCC(=O)NC2=O)c2ccc(C[C@H]3CC[C@@H](CC(=O)N4CC[C@H]5CC[C@@H](C(=O)N[C@@H](CCC(N)=O)C(=O)O)N5C(=O)[C@@H](NC(=O)OC(C)(C)C)C4)CC3)cc21. The molecule has 4 heterocycles. The molecule has 0 spiro atoms. The Bertz CT molecular complexity index is 2130. The van der Waals surface area contributed by atoms with E-state index >= 15 is 0 Å². The molecule has 4 aliphatic rings. The Balaban J connectivity index is 1.08. The van der Waals surface area contributed by atoms with Gasteiger partial charge in [-0.05, 0) is 115 Å². The zero-order valence-electron chi connectivity index (χ0n) is 35.3. The number of hydrogen-bond donors (Lipinski definition) is 5. The highest BCUT2D eigenvalue weighted by Crippen LogP contribution is 2.35. The Morgan fingerprint density at radius 3 is 2.31 bits per heavy atom. The lowest BCUT2D eigenvalue weighted by Crippen LogP contribution is -2.62. The number of carbonyl (C=O) groups is 8. The van der Waals surface area contributed by atoms with Gasteiger partial charge in [0, 0.05) is 38.9 Å². The van der Waals surface area contributed by atoms with Crippen molar-refractivity contribution in [2.24, 2.45) is 24.6 Å². The number of imide groups is 1. The molecule has 3 aliphatic heterocycles. The maximum absolute atomic E-state index is 14.3. The summed E-state index contributed by atoms with van der Waals surface area (Å²) in [5.74, 6) is -3.83. The van der Waals surface area contributed by atoms with Crippen LogP contribution in [0, 0.1) is 11.8 Å². The quantitative estimate of drug-likeness (QED) is 0.191. The number of rotatable bonds is 12. The minimum Gasteiger partial charge on any atom is -0.480 e. The number of aromatic nitrogens is 2. The number of carboxylic acid groups (broad SMARTS) is 1. The Morgan fingerprint density at radius 1 is 0.951 bits per heavy atom. The predicted octanol–water partition coefficient (Wildman–Crippen LogP) is 1.38. The molecule has 1 aliphatic carbocycles. The number of fused-ring (bicyclic) bond motifs is 2. The van der Waals surface area contributed by atoms with Gasteiger partial charge in [0.05, 0.1) is 17.6 Å². The van der Waals surface area contributed by atoms with Gasteiger partial charge in [0.15, 0.2) is 0 Å². The van der Waals surface area contributed by atoms with E-state index in [4.69, 9.17) is 10.5 Å². The smallest absolute Gasteiger partial charge is 0.408 e. The molecule has 1 aromatic carbocycles. The molecule has 7 amide bonds. The molecule has 19 nitrogen and oxygen atoms in total. The van der Waals surface area contributed by atoms with E-state index < -0.39 is 71.5 Å². The molecule has 0 radical (unpaired) electrons. The van der Waals surface area contributed by atoms with Gasteiger partial charge in [-0.15, -0.1) is 0 Å². The fraction of sp³-hybridized carbons (Fsp3) is 0.643. The molecule has 1 unspecified atom stereocenters. The average Bonchev–Trinajstić information content (AvgIpc) is 3.71. The van der Waals surface area contributed by atoms with Crippen molar-refractivity contribution in [1.82, 2.24) is 34.9 Å². The number of ether oxygens (including phenoxy) is 1. The molecule has 0 bridgehead atoms. The molecule has 332 valence electrons. The molecule has 1 aromatic heterocycles. The summed E-state index contributed by atoms with van der Waals surface area (Å²) in [4.78, 5) is 119. The molecule has 1 saturated carbocycles. The third-order valence-corrected chi connectivity index (χ3v) is 12.5. The van der Waals surface area contributed by atoms with Crippen molar-refractivity contribution in [3.8, 4) is 0 Å². The van der Waals surface area contributed by atoms with Crippen molar-refractivity contribution in [1.29, 1.82) is 0 Å². The lowest BCUT2D eigenvalue weighted by molar-refractivity contribution is -0.147. The minimum absolute atomic E-state index is 0.112. The number of primary amides is 1. The van der Waals surface area contributed by atoms with Crippen LogP contribution >= 0.6 is 0 Å². The van der Waals surface area contributed by atoms with E-state index in [-0.39, 0.29) is 75.0 Å². The van der Waals surface area contributed by atoms with Crippen LogP contribution in [0.3, 0.4) is 0 Å². The number of aryl methyl sites for hydroxylation is 1. The summed E-state index contributed by atoms with van der Waals surface area (Å²) in [6.45, 7) is 5.16. The van der Waals surface area contributed by atoms with Gasteiger partial charge >= 0.3 is 17.8 Å². The fourth-order valence-corrected chi connectivity index (χ4v) is 9.34. The van der Waals surface area contributed by atoms with Crippen LogP contribution in [0.2, 0.25) is 0 Å². The number of nitrogens with zero attached hydrogens (tertiary/aromatic N) is 4. The Morgan fingerprint density at radius 2 is 1.66 bits per heavy atom. The predicted molar refractivity (Wildman–Crippen MR) is 218 cm³/mol. The number of aliphatic carboxylic acids is 1. The first-order chi connectivity index (χ1) is 28.8. The van der Waals surface area contributed by atoms with Crippen molar-refractivity contribution < 1.29 is 48.2 Å². The first kappa shape index (κ1) is 44.8. The van der Waals surface area contributed by atoms with Crippen LogP contribution in [0.25, 0.3) is 11.0 Å². The number of piperidine rings is 1. The standard InChI is InChI=1S/C42H58N8O11/c1-42(2,3)61-40(59)45-28-22-48(18-17-26-10-13-30(49(26)38(28)56)36(54)44-27(39(57)58)11-15-33(43)51)35(53)21-24-7-5-23(6-8-24)19-25-9-12-29-32(20-25)47(4)41(60)50(29)31-14-16-34(52)46-37(31)55/h9,12,20,23-24,26-28,30-31H,5-8,10-11,13-19,21-22H2,1-4H3,(H2,43,51)(H,44,54)(H,45,59)(H,57,58)(H,46,52,55)/t23-,24+,26-,27+,28+,30+,31?/m1/s1. The average molecular weight is 851 g/mol. The van der Waals surface area contributed by atoms with E-state index in [1.54, 1.807) is 32.7 Å². The summed E-state index contributed by atoms with van der Waals surface area (Å²) in [5, 5.41) is 17.1. The number of hydrogen-bond acceptors (Lipinski definition) is 10. The van der Waals surface area contributed by atoms with Crippen LogP contribution in [-0.2, 0) is 51.8 Å². The van der Waals surface area contributed by atoms with Gasteiger partial charge in [0.2, 0.25) is 35.4 Å². The van der Waals surface area contributed by atoms with E-state index in [2.05, 4.69) is 16.0 Å². The van der Waals surface area contributed by atoms with Gasteiger partial charge < -0.3 is 36.0 Å². The summed E-state index contributed by atoms with van der Waals surface area (Å²) < 4.78 is 8.46. The second-order valence-corrected chi connectivity index (χ2v) is 18.0. The van der Waals surface area contributed by atoms with E-state index in [0.29, 0.717) is 29.8 Å². The zero-order valence-corrected chi connectivity index (χ0v) is 35.3. The molecular formula is C42H58N8O11. The Hall–Kier alpha value is -5.75. The Kier molecular flexibility index (Phi) is 13.6. The summed E-state index contributed by atoms with van der Waals surface area (Å²) >= 11 is 0. The van der Waals surface area contributed by atoms with Gasteiger partial charge in [-0.1, -0.05) is 6.07 Å². The second-order valence-electron chi connectivity index (χ2n) is 18.0. The van der Waals surface area contributed by atoms with Gasteiger partial charge in [-0.3, -0.25) is 43.2 Å². The number of carboxylic acids is 1. The fourth-order valence-electron chi connectivity index (χ4n) is 9.34. The van der Waals surface area contributed by atoms with Crippen LogP contribution in [0.1, 0.15) is 109 Å². The lowest BCUT2D eigenvalue weighted by Gasteiger charge is -2.39. The number of imidazole rings is 1. The highest BCUT2D eigenvalue weighted by molar-refractivity contribution is 6.00. The van der Waals surface area contributed by atoms with Gasteiger partial charge in [-0.2, -0.15) is 0 Å². The van der Waals surface area contributed by atoms with Crippen molar-refractivity contribution in [3.63, 3.8) is 0 Å². The molecule has 61 heavy (non-hydrogen) atoms. The van der Waals surface area contributed by atoms with Gasteiger partial charge in [0.25, 0.3) is 0 Å². The maximum atomic E-state index is 14.3. The summed E-state index contributed by atoms with van der Waals surface area (Å²) in [7, 11) is 1.67. The molecule has 6 N–H and O–H groups in total. The number of amides is 7. The number of nitrogens with one attached hydrogen (secondary N) is 3. The molecular weight excluding hydrogens is 793 g/mol. The number of benzene rings is 1. The molecule has 4 fully saturated rings. The summed E-state index contributed by atoms with van der Waals surface area (Å²) in [6, 6.07) is 0.954. The molecule has 6 rings (SSSR count). The van der Waals surface area contributed by atoms with Gasteiger partial charge in [-0.25, -0.2) is 14.4 Å². The first-order valence-electron chi connectivity index (χ1n) is 21.2. The van der Waals surface area contributed by atoms with Crippen LogP contribution < -0.4 is 27.4 Å². The van der Waals surface area contributed by atoms with Crippen molar-refractivity contribution in [2.45, 2.75) is 140 Å². The summed E-state index contributed by atoms with van der Waals surface area (Å²) in [5.41, 5.74) is 6.39. The van der Waals surface area contributed by atoms with Gasteiger partial charge in [0.1, 0.15) is 29.8 Å². The van der Waals surface area contributed by atoms with E-state index in [1.165, 1.54) is 14.0 Å². The number of alkyl carbamates (subject to hydrolysis) is 1. The monoisotopic (exact) mass is 850 g/mol. The lowest BCUT2D eigenvalue weighted by atomic mass is 9.78. The maximum Gasteiger partial charge on any atom is 0.408 e. The highest BCUT2D eigenvalue weighted by atomic mass is 16.6.